The fraction of sp³-hybridized carbons (Fsp3) is 1.00. The monoisotopic (exact) mass is 323 g/mol. The molecule has 7 heteroatoms. The van der Waals surface area contributed by atoms with E-state index >= 15 is 0 Å². The van der Waals surface area contributed by atoms with Gasteiger partial charge in [-0.25, -0.2) is 9.65 Å². The van der Waals surface area contributed by atoms with E-state index in [1.54, 1.807) is 0 Å². The molecule has 0 saturated heterocycles. The van der Waals surface area contributed by atoms with Gasteiger partial charge < -0.3 is 8.43 Å². The molecule has 1 N–H and O–H groups in total. The Labute approximate surface area is 120 Å². The summed E-state index contributed by atoms with van der Waals surface area (Å²) < 4.78 is 24.8. The van der Waals surface area contributed by atoms with Crippen LogP contribution in [-0.2, 0) is 13.0 Å². The normalized spacial score (nSPS) is 19.7. The van der Waals surface area contributed by atoms with Crippen molar-refractivity contribution in [1.82, 2.24) is 5.09 Å². The van der Waals surface area contributed by atoms with Crippen LogP contribution in [0.15, 0.2) is 0 Å². The third-order valence-corrected chi connectivity index (χ3v) is 9.72. The van der Waals surface area contributed by atoms with Gasteiger partial charge in [-0.05, 0) is 52.1 Å². The number of hydrogen-bond donors (Lipinski definition) is 1. The molecule has 114 valence electrons. The first-order valence-corrected chi connectivity index (χ1v) is 15.6. The zero-order valence-corrected chi connectivity index (χ0v) is 16.2. The van der Waals surface area contributed by atoms with Gasteiger partial charge in [0.15, 0.2) is 16.6 Å². The van der Waals surface area contributed by atoms with E-state index in [0.717, 1.165) is 12.8 Å². The highest BCUT2D eigenvalue weighted by Crippen LogP contribution is 2.50. The summed E-state index contributed by atoms with van der Waals surface area (Å²) in [5, 5.41) is 3.23. The highest BCUT2D eigenvalue weighted by molar-refractivity contribution is 7.55. The lowest BCUT2D eigenvalue weighted by atomic mass is 9.96. The topological polar surface area (TPSA) is 47.6 Å². The van der Waals surface area contributed by atoms with Gasteiger partial charge in [-0.1, -0.05) is 19.3 Å². The molecule has 4 nitrogen and oxygen atoms in total. The molecule has 19 heavy (non-hydrogen) atoms. The van der Waals surface area contributed by atoms with Crippen LogP contribution in [0, 0.1) is 0 Å². The van der Waals surface area contributed by atoms with Crippen molar-refractivity contribution in [2.75, 3.05) is 0 Å². The summed E-state index contributed by atoms with van der Waals surface area (Å²) in [6.45, 7) is 12.3. The van der Waals surface area contributed by atoms with Crippen molar-refractivity contribution >= 4 is 24.4 Å². The van der Waals surface area contributed by atoms with Gasteiger partial charge in [0.25, 0.3) is 0 Å². The van der Waals surface area contributed by atoms with Crippen LogP contribution in [0.5, 0.6) is 0 Å². The van der Waals surface area contributed by atoms with Crippen molar-refractivity contribution in [3.63, 3.8) is 0 Å². The average molecular weight is 324 g/mol. The molecule has 0 heterocycles. The Morgan fingerprint density at radius 2 is 1.32 bits per heavy atom. The largest absolute Gasteiger partial charge is 0.386 e. The molecule has 0 unspecified atom stereocenters. The van der Waals surface area contributed by atoms with E-state index in [9.17, 15) is 4.57 Å². The molecule has 1 aliphatic carbocycles. The lowest BCUT2D eigenvalue weighted by Gasteiger charge is -2.34. The van der Waals surface area contributed by atoms with E-state index in [2.05, 4.69) is 44.4 Å². The second kappa shape index (κ2) is 6.54. The van der Waals surface area contributed by atoms with Crippen LogP contribution in [0.3, 0.4) is 0 Å². The molecule has 1 rings (SSSR count). The maximum absolute atomic E-state index is 13.0. The molecule has 1 fully saturated rings. The molecule has 0 bridgehead atoms. The van der Waals surface area contributed by atoms with Gasteiger partial charge in [-0.3, -0.25) is 0 Å². The minimum absolute atomic E-state index is 0.285. The second-order valence-electron chi connectivity index (χ2n) is 7.37. The fourth-order valence-corrected chi connectivity index (χ4v) is 9.63. The highest BCUT2D eigenvalue weighted by Gasteiger charge is 2.38. The molecule has 1 saturated carbocycles. The Bertz CT molecular complexity index is 313. The Morgan fingerprint density at radius 1 is 0.895 bits per heavy atom. The third-order valence-electron chi connectivity index (χ3n) is 2.73. The minimum atomic E-state index is -3.16. The molecular formula is C12H30NO3PSi2. The Morgan fingerprint density at radius 3 is 1.68 bits per heavy atom. The standard InChI is InChI=1S/C12H30NO3PSi2/c1-18(2,3)15-17(14,16-19(4,5)6)13-12-10-8-7-9-11-12/h12H,7-11H2,1-6H3,(H,13,14). The van der Waals surface area contributed by atoms with Crippen LogP contribution in [0.1, 0.15) is 32.1 Å². The number of rotatable bonds is 6. The predicted molar refractivity (Wildman–Crippen MR) is 86.5 cm³/mol. The first-order valence-electron chi connectivity index (χ1n) is 7.28. The summed E-state index contributed by atoms with van der Waals surface area (Å²) in [5.41, 5.74) is 0. The Balaban J connectivity index is 2.75. The summed E-state index contributed by atoms with van der Waals surface area (Å²) in [6, 6.07) is 0.285. The number of hydrogen-bond acceptors (Lipinski definition) is 3. The van der Waals surface area contributed by atoms with Crippen LogP contribution in [-0.4, -0.2) is 22.7 Å². The van der Waals surface area contributed by atoms with Gasteiger partial charge in [0.2, 0.25) is 0 Å². The average Bonchev–Trinajstić information content (AvgIpc) is 2.11. The summed E-state index contributed by atoms with van der Waals surface area (Å²) in [4.78, 5) is 0. The summed E-state index contributed by atoms with van der Waals surface area (Å²) in [6.07, 6.45) is 5.85. The van der Waals surface area contributed by atoms with Crippen molar-refractivity contribution < 1.29 is 13.0 Å². The van der Waals surface area contributed by atoms with Crippen molar-refractivity contribution in [3.05, 3.63) is 0 Å². The van der Waals surface area contributed by atoms with Gasteiger partial charge in [0, 0.05) is 6.04 Å². The number of nitrogens with one attached hydrogen (secondary N) is 1. The van der Waals surface area contributed by atoms with Crippen LogP contribution >= 0.6 is 7.75 Å². The maximum Gasteiger partial charge on any atom is 0.386 e. The first-order chi connectivity index (χ1) is 8.49. The Hall–Kier alpha value is 0.544. The summed E-state index contributed by atoms with van der Waals surface area (Å²) in [5.74, 6) is 0. The van der Waals surface area contributed by atoms with Gasteiger partial charge in [-0.2, -0.15) is 0 Å². The van der Waals surface area contributed by atoms with E-state index in [1.165, 1.54) is 19.3 Å². The molecule has 0 spiro atoms. The zero-order valence-electron chi connectivity index (χ0n) is 13.3. The van der Waals surface area contributed by atoms with E-state index in [1.807, 2.05) is 0 Å². The van der Waals surface area contributed by atoms with E-state index in [-0.39, 0.29) is 6.04 Å². The first kappa shape index (κ1) is 17.6. The lowest BCUT2D eigenvalue weighted by molar-refractivity contribution is 0.334. The molecule has 0 aromatic rings. The minimum Gasteiger partial charge on any atom is -0.340 e. The molecule has 1 aliphatic rings. The molecule has 0 aromatic carbocycles. The van der Waals surface area contributed by atoms with E-state index in [4.69, 9.17) is 8.43 Å². The fourth-order valence-electron chi connectivity index (χ4n) is 2.25. The van der Waals surface area contributed by atoms with Crippen molar-refractivity contribution in [1.29, 1.82) is 0 Å². The maximum atomic E-state index is 13.0. The van der Waals surface area contributed by atoms with Crippen molar-refractivity contribution in [2.24, 2.45) is 0 Å². The highest BCUT2D eigenvalue weighted by atomic mass is 31.2. The van der Waals surface area contributed by atoms with Crippen LogP contribution in [0.4, 0.5) is 0 Å². The van der Waals surface area contributed by atoms with E-state index in [0.29, 0.717) is 0 Å². The van der Waals surface area contributed by atoms with Crippen molar-refractivity contribution in [2.45, 2.75) is 77.4 Å². The van der Waals surface area contributed by atoms with Crippen LogP contribution in [0.25, 0.3) is 0 Å². The molecule has 0 amide bonds. The third kappa shape index (κ3) is 7.78. The molecule has 0 radical (unpaired) electrons. The van der Waals surface area contributed by atoms with Crippen LogP contribution < -0.4 is 5.09 Å². The SMILES string of the molecule is C[Si](C)(C)OP(=O)(NC1CCCCC1)O[Si](C)(C)C. The summed E-state index contributed by atoms with van der Waals surface area (Å²) >= 11 is 0. The quantitative estimate of drug-likeness (QED) is 0.567. The Kier molecular flexibility index (Phi) is 6.06. The van der Waals surface area contributed by atoms with Gasteiger partial charge in [0.1, 0.15) is 0 Å². The predicted octanol–water partition coefficient (Wildman–Crippen LogP) is 4.72. The van der Waals surface area contributed by atoms with Gasteiger partial charge in [0.05, 0.1) is 0 Å². The molecule has 0 aliphatic heterocycles. The van der Waals surface area contributed by atoms with E-state index < -0.39 is 24.4 Å². The van der Waals surface area contributed by atoms with Crippen molar-refractivity contribution in [3.8, 4) is 0 Å². The molecule has 0 aromatic heterocycles. The smallest absolute Gasteiger partial charge is 0.340 e. The van der Waals surface area contributed by atoms with Gasteiger partial charge in [-0.15, -0.1) is 0 Å². The molecular weight excluding hydrogens is 293 g/mol. The van der Waals surface area contributed by atoms with Crippen LogP contribution in [0.2, 0.25) is 39.3 Å². The van der Waals surface area contributed by atoms with Gasteiger partial charge >= 0.3 is 7.75 Å². The zero-order chi connectivity index (χ0) is 14.7. The summed E-state index contributed by atoms with van der Waals surface area (Å²) in [7, 11) is -6.97. The molecule has 0 atom stereocenters. The second-order valence-corrected chi connectivity index (χ2v) is 18.5. The lowest BCUT2D eigenvalue weighted by Crippen LogP contribution is -2.38.